The molecule has 0 fully saturated rings. The van der Waals surface area contributed by atoms with Gasteiger partial charge in [0.25, 0.3) is 0 Å². The zero-order valence-corrected chi connectivity index (χ0v) is 26.9. The van der Waals surface area contributed by atoms with E-state index in [2.05, 4.69) is 26.0 Å². The van der Waals surface area contributed by atoms with Crippen LogP contribution in [0, 0.1) is 0 Å². The lowest BCUT2D eigenvalue weighted by molar-refractivity contribution is -0.150. The van der Waals surface area contributed by atoms with E-state index in [1.165, 1.54) is 109 Å². The monoisotopic (exact) mass is 565 g/mol. The van der Waals surface area contributed by atoms with Crippen molar-refractivity contribution < 1.29 is 19.4 Å². The van der Waals surface area contributed by atoms with Crippen molar-refractivity contribution in [2.45, 2.75) is 206 Å². The summed E-state index contributed by atoms with van der Waals surface area (Å²) in [6.45, 7) is 4.51. The molecule has 0 aromatic carbocycles. The Kier molecular flexibility index (Phi) is 31.1. The molecule has 0 aliphatic carbocycles. The van der Waals surface area contributed by atoms with Gasteiger partial charge in [-0.25, -0.2) is 0 Å². The number of carbonyl (C=O) groups is 2. The second kappa shape index (κ2) is 32.2. The van der Waals surface area contributed by atoms with Crippen molar-refractivity contribution in [1.29, 1.82) is 0 Å². The topological polar surface area (TPSA) is 63.6 Å². The van der Waals surface area contributed by atoms with Crippen molar-refractivity contribution >= 4 is 11.9 Å². The van der Waals surface area contributed by atoms with Crippen molar-refractivity contribution in [1.82, 2.24) is 0 Å². The lowest BCUT2D eigenvalue weighted by Gasteiger charge is -2.18. The normalized spacial score (nSPS) is 12.2. The summed E-state index contributed by atoms with van der Waals surface area (Å²) >= 11 is 0. The van der Waals surface area contributed by atoms with Gasteiger partial charge in [-0.1, -0.05) is 142 Å². The molecule has 0 aliphatic rings. The Morgan fingerprint density at radius 1 is 0.525 bits per heavy atom. The van der Waals surface area contributed by atoms with Gasteiger partial charge >= 0.3 is 11.9 Å². The Balaban J connectivity index is 4.06. The second-order valence-electron chi connectivity index (χ2n) is 12.1. The van der Waals surface area contributed by atoms with Gasteiger partial charge < -0.3 is 9.84 Å². The van der Waals surface area contributed by atoms with Crippen LogP contribution in [0.5, 0.6) is 0 Å². The third-order valence-electron chi connectivity index (χ3n) is 7.99. The molecule has 4 heteroatoms. The number of allylic oxidation sites excluding steroid dienone is 2. The van der Waals surface area contributed by atoms with Gasteiger partial charge in [0.15, 0.2) is 0 Å². The van der Waals surface area contributed by atoms with Crippen molar-refractivity contribution in [3.8, 4) is 0 Å². The SMILES string of the molecule is CCCC/C=C\CCCCCCCC(=O)OC(CCCCCCCCCCCCC)CCCCCCCC(=O)O. The van der Waals surface area contributed by atoms with Crippen LogP contribution in [0.25, 0.3) is 0 Å². The molecule has 1 N–H and O–H groups in total. The van der Waals surface area contributed by atoms with Crippen LogP contribution in [0.15, 0.2) is 12.2 Å². The van der Waals surface area contributed by atoms with Gasteiger partial charge in [-0.05, 0) is 57.8 Å². The number of unbranched alkanes of at least 4 members (excludes halogenated alkanes) is 21. The van der Waals surface area contributed by atoms with Crippen molar-refractivity contribution in [3.63, 3.8) is 0 Å². The average Bonchev–Trinajstić information content (AvgIpc) is 2.93. The Morgan fingerprint density at radius 3 is 1.43 bits per heavy atom. The molecule has 0 saturated carbocycles. The van der Waals surface area contributed by atoms with E-state index in [0.29, 0.717) is 6.42 Å². The fourth-order valence-electron chi connectivity index (χ4n) is 5.34. The number of carboxylic acid groups (broad SMARTS) is 1. The van der Waals surface area contributed by atoms with E-state index in [0.717, 1.165) is 64.2 Å². The fraction of sp³-hybridized carbons (Fsp3) is 0.889. The predicted molar refractivity (Wildman–Crippen MR) is 172 cm³/mol. The lowest BCUT2D eigenvalue weighted by Crippen LogP contribution is -2.18. The molecule has 0 spiro atoms. The summed E-state index contributed by atoms with van der Waals surface area (Å²) in [6.07, 6.45) is 37.9. The van der Waals surface area contributed by atoms with Gasteiger partial charge in [-0.3, -0.25) is 9.59 Å². The van der Waals surface area contributed by atoms with Gasteiger partial charge in [-0.15, -0.1) is 0 Å². The zero-order valence-electron chi connectivity index (χ0n) is 26.9. The summed E-state index contributed by atoms with van der Waals surface area (Å²) in [5, 5.41) is 8.78. The quantitative estimate of drug-likeness (QED) is 0.0501. The Labute approximate surface area is 249 Å². The van der Waals surface area contributed by atoms with Gasteiger partial charge in [0.05, 0.1) is 0 Å². The maximum absolute atomic E-state index is 12.6. The van der Waals surface area contributed by atoms with Crippen molar-refractivity contribution in [2.75, 3.05) is 0 Å². The second-order valence-corrected chi connectivity index (χ2v) is 12.1. The summed E-state index contributed by atoms with van der Waals surface area (Å²) in [7, 11) is 0. The summed E-state index contributed by atoms with van der Waals surface area (Å²) < 4.78 is 5.97. The Morgan fingerprint density at radius 2 is 0.925 bits per heavy atom. The number of carboxylic acids is 1. The van der Waals surface area contributed by atoms with Crippen LogP contribution in [0.1, 0.15) is 200 Å². The summed E-state index contributed by atoms with van der Waals surface area (Å²) in [6, 6.07) is 0. The van der Waals surface area contributed by atoms with Crippen LogP contribution >= 0.6 is 0 Å². The number of ether oxygens (including phenoxy) is 1. The molecule has 1 atom stereocenters. The summed E-state index contributed by atoms with van der Waals surface area (Å²) in [5.74, 6) is -0.706. The molecule has 0 aromatic heterocycles. The van der Waals surface area contributed by atoms with E-state index in [9.17, 15) is 9.59 Å². The number of carbonyl (C=O) groups excluding carboxylic acids is 1. The lowest BCUT2D eigenvalue weighted by atomic mass is 10.0. The molecule has 0 amide bonds. The molecule has 0 aliphatic heterocycles. The minimum Gasteiger partial charge on any atom is -0.481 e. The number of rotatable bonds is 32. The minimum absolute atomic E-state index is 0.00612. The highest BCUT2D eigenvalue weighted by molar-refractivity contribution is 5.69. The molecule has 40 heavy (non-hydrogen) atoms. The molecule has 0 aromatic rings. The molecule has 236 valence electrons. The summed E-state index contributed by atoms with van der Waals surface area (Å²) in [4.78, 5) is 23.2. The predicted octanol–water partition coefficient (Wildman–Crippen LogP) is 11.9. The molecule has 0 heterocycles. The van der Waals surface area contributed by atoms with Gasteiger partial charge in [0, 0.05) is 12.8 Å². The van der Waals surface area contributed by atoms with E-state index < -0.39 is 5.97 Å². The fourth-order valence-corrected chi connectivity index (χ4v) is 5.34. The highest BCUT2D eigenvalue weighted by Crippen LogP contribution is 2.19. The first kappa shape index (κ1) is 38.7. The van der Waals surface area contributed by atoms with Crippen LogP contribution < -0.4 is 0 Å². The smallest absolute Gasteiger partial charge is 0.306 e. The van der Waals surface area contributed by atoms with Gasteiger partial charge in [0.2, 0.25) is 0 Å². The van der Waals surface area contributed by atoms with E-state index >= 15 is 0 Å². The summed E-state index contributed by atoms with van der Waals surface area (Å²) in [5.41, 5.74) is 0. The first-order chi connectivity index (χ1) is 19.6. The Bertz CT molecular complexity index is 571. The first-order valence-corrected chi connectivity index (χ1v) is 17.7. The highest BCUT2D eigenvalue weighted by atomic mass is 16.5. The molecule has 4 nitrogen and oxygen atoms in total. The zero-order chi connectivity index (χ0) is 29.4. The van der Waals surface area contributed by atoms with Crippen molar-refractivity contribution in [3.05, 3.63) is 12.2 Å². The third-order valence-corrected chi connectivity index (χ3v) is 7.99. The maximum atomic E-state index is 12.6. The van der Waals surface area contributed by atoms with Crippen LogP contribution in [0.4, 0.5) is 0 Å². The molecule has 0 saturated heterocycles. The Hall–Kier alpha value is -1.32. The third kappa shape index (κ3) is 31.2. The minimum atomic E-state index is -0.700. The molecule has 1 unspecified atom stereocenters. The van der Waals surface area contributed by atoms with Crippen LogP contribution in [0.2, 0.25) is 0 Å². The van der Waals surface area contributed by atoms with E-state index in [-0.39, 0.29) is 18.5 Å². The van der Waals surface area contributed by atoms with E-state index in [1.54, 1.807) is 0 Å². The average molecular weight is 565 g/mol. The van der Waals surface area contributed by atoms with Crippen LogP contribution in [-0.4, -0.2) is 23.1 Å². The number of esters is 1. The number of aliphatic carboxylic acids is 1. The highest BCUT2D eigenvalue weighted by Gasteiger charge is 2.14. The van der Waals surface area contributed by atoms with Gasteiger partial charge in [0.1, 0.15) is 6.10 Å². The largest absolute Gasteiger partial charge is 0.481 e. The standard InChI is InChI=1S/C36H68O4/c1-3-5-7-9-11-13-15-17-19-22-26-30-34(31-27-23-21-24-28-32-35(37)38)40-36(39)33-29-25-20-18-16-14-12-10-8-6-4-2/h10,12,34H,3-9,11,13-33H2,1-2H3,(H,37,38)/b12-10-. The van der Waals surface area contributed by atoms with E-state index in [4.69, 9.17) is 9.84 Å². The number of hydrogen-bond donors (Lipinski definition) is 1. The van der Waals surface area contributed by atoms with Crippen molar-refractivity contribution in [2.24, 2.45) is 0 Å². The van der Waals surface area contributed by atoms with Crippen LogP contribution in [-0.2, 0) is 14.3 Å². The molecular weight excluding hydrogens is 496 g/mol. The maximum Gasteiger partial charge on any atom is 0.306 e. The van der Waals surface area contributed by atoms with Gasteiger partial charge in [-0.2, -0.15) is 0 Å². The molecule has 0 radical (unpaired) electrons. The molecular formula is C36H68O4. The first-order valence-electron chi connectivity index (χ1n) is 17.7. The van der Waals surface area contributed by atoms with Crippen LogP contribution in [0.3, 0.4) is 0 Å². The molecule has 0 bridgehead atoms. The van der Waals surface area contributed by atoms with E-state index in [1.807, 2.05) is 0 Å². The molecule has 0 rings (SSSR count). The number of hydrogen-bond acceptors (Lipinski definition) is 3.